The minimum Gasteiger partial charge on any atom is -0.390 e. The number of nitrogens with one attached hydrogen (secondary N) is 1. The van der Waals surface area contributed by atoms with Gasteiger partial charge in [0, 0.05) is 25.1 Å². The van der Waals surface area contributed by atoms with Gasteiger partial charge in [-0.25, -0.2) is 23.1 Å². The molecule has 2 aromatic heterocycles. The molecule has 8 heteroatoms. The zero-order valence-corrected chi connectivity index (χ0v) is 12.1. The summed E-state index contributed by atoms with van der Waals surface area (Å²) in [6, 6.07) is 3.09. The van der Waals surface area contributed by atoms with Gasteiger partial charge >= 0.3 is 0 Å². The lowest BCUT2D eigenvalue weighted by Crippen LogP contribution is -2.23. The van der Waals surface area contributed by atoms with Gasteiger partial charge in [-0.05, 0) is 19.1 Å². The molecule has 108 valence electrons. The van der Waals surface area contributed by atoms with Crippen molar-refractivity contribution < 1.29 is 13.5 Å². The number of aryl methyl sites for hydroxylation is 2. The molecule has 7 nitrogen and oxygen atoms in total. The maximum atomic E-state index is 12.1. The molecule has 0 aromatic carbocycles. The number of rotatable bonds is 5. The summed E-state index contributed by atoms with van der Waals surface area (Å²) < 4.78 is 28.3. The predicted octanol–water partition coefficient (Wildman–Crippen LogP) is 0.0943. The third kappa shape index (κ3) is 3.21. The van der Waals surface area contributed by atoms with Gasteiger partial charge in [-0.15, -0.1) is 0 Å². The van der Waals surface area contributed by atoms with Crippen LogP contribution < -0.4 is 4.72 Å². The standard InChI is InChI=1S/C12H16N4O3S/c1-9-13-4-3-10(15-9)6-14-20(18,19)12-5-11(8-17)16(2)7-12/h3-5,7,14,17H,6,8H2,1-2H3. The fraction of sp³-hybridized carbons (Fsp3) is 0.333. The summed E-state index contributed by atoms with van der Waals surface area (Å²) in [5.41, 5.74) is 1.13. The lowest BCUT2D eigenvalue weighted by Gasteiger charge is -2.04. The van der Waals surface area contributed by atoms with E-state index in [0.29, 0.717) is 17.2 Å². The first-order valence-corrected chi connectivity index (χ1v) is 7.45. The number of hydrogen-bond acceptors (Lipinski definition) is 5. The highest BCUT2D eigenvalue weighted by Gasteiger charge is 2.17. The van der Waals surface area contributed by atoms with Crippen LogP contribution in [-0.2, 0) is 30.2 Å². The smallest absolute Gasteiger partial charge is 0.242 e. The largest absolute Gasteiger partial charge is 0.390 e. The molecule has 0 radical (unpaired) electrons. The Balaban J connectivity index is 2.15. The molecule has 0 aliphatic heterocycles. The van der Waals surface area contributed by atoms with Crippen molar-refractivity contribution in [3.63, 3.8) is 0 Å². The maximum absolute atomic E-state index is 12.1. The second-order valence-corrected chi connectivity index (χ2v) is 6.12. The lowest BCUT2D eigenvalue weighted by molar-refractivity contribution is 0.272. The van der Waals surface area contributed by atoms with Crippen molar-refractivity contribution in [1.29, 1.82) is 0 Å². The summed E-state index contributed by atoms with van der Waals surface area (Å²) in [5.74, 6) is 0.587. The molecule has 0 spiro atoms. The molecule has 0 fully saturated rings. The van der Waals surface area contributed by atoms with Crippen molar-refractivity contribution in [2.24, 2.45) is 7.05 Å². The van der Waals surface area contributed by atoms with Crippen LogP contribution in [0.4, 0.5) is 0 Å². The Labute approximate surface area is 117 Å². The highest BCUT2D eigenvalue weighted by Crippen LogP contribution is 2.13. The molecule has 0 saturated carbocycles. The van der Waals surface area contributed by atoms with Gasteiger partial charge in [0.2, 0.25) is 10.0 Å². The number of aliphatic hydroxyl groups excluding tert-OH is 1. The first-order valence-electron chi connectivity index (χ1n) is 5.96. The minimum absolute atomic E-state index is 0.0923. The zero-order chi connectivity index (χ0) is 14.8. The summed E-state index contributed by atoms with van der Waals surface area (Å²) in [5, 5.41) is 9.08. The topological polar surface area (TPSA) is 97.1 Å². The van der Waals surface area contributed by atoms with Gasteiger partial charge in [0.15, 0.2) is 0 Å². The van der Waals surface area contributed by atoms with Crippen LogP contribution in [0, 0.1) is 6.92 Å². The van der Waals surface area contributed by atoms with E-state index in [2.05, 4.69) is 14.7 Å². The average Bonchev–Trinajstić information content (AvgIpc) is 2.79. The van der Waals surface area contributed by atoms with E-state index in [4.69, 9.17) is 5.11 Å². The van der Waals surface area contributed by atoms with Gasteiger partial charge in [-0.1, -0.05) is 0 Å². The average molecular weight is 296 g/mol. The number of aromatic nitrogens is 3. The number of aliphatic hydroxyl groups is 1. The van der Waals surface area contributed by atoms with Crippen molar-refractivity contribution in [2.45, 2.75) is 25.0 Å². The van der Waals surface area contributed by atoms with E-state index in [1.807, 2.05) is 0 Å². The number of hydrogen-bond donors (Lipinski definition) is 2. The number of nitrogens with zero attached hydrogens (tertiary/aromatic N) is 3. The van der Waals surface area contributed by atoms with Crippen LogP contribution in [0.3, 0.4) is 0 Å². The van der Waals surface area contributed by atoms with E-state index in [-0.39, 0.29) is 18.0 Å². The van der Waals surface area contributed by atoms with Gasteiger partial charge in [0.1, 0.15) is 5.82 Å². The van der Waals surface area contributed by atoms with Crippen LogP contribution in [-0.4, -0.2) is 28.1 Å². The van der Waals surface area contributed by atoms with Gasteiger partial charge in [0.05, 0.1) is 23.7 Å². The highest BCUT2D eigenvalue weighted by atomic mass is 32.2. The molecular weight excluding hydrogens is 280 g/mol. The summed E-state index contributed by atoms with van der Waals surface area (Å²) >= 11 is 0. The van der Waals surface area contributed by atoms with Crippen LogP contribution in [0.1, 0.15) is 17.2 Å². The summed E-state index contributed by atoms with van der Waals surface area (Å²) in [6.45, 7) is 1.62. The minimum atomic E-state index is -3.63. The molecule has 2 rings (SSSR count). The Morgan fingerprint density at radius 3 is 2.80 bits per heavy atom. The quantitative estimate of drug-likeness (QED) is 0.815. The Bertz CT molecular complexity index is 709. The normalized spacial score (nSPS) is 11.8. The Morgan fingerprint density at radius 2 is 2.20 bits per heavy atom. The molecule has 0 aliphatic rings. The van der Waals surface area contributed by atoms with E-state index in [9.17, 15) is 8.42 Å². The van der Waals surface area contributed by atoms with Gasteiger partial charge in [-0.2, -0.15) is 0 Å². The number of sulfonamides is 1. The molecule has 0 atom stereocenters. The molecule has 0 aliphatic carbocycles. The summed E-state index contributed by atoms with van der Waals surface area (Å²) in [6.07, 6.45) is 3.04. The van der Waals surface area contributed by atoms with Crippen molar-refractivity contribution in [3.8, 4) is 0 Å². The Hall–Kier alpha value is -1.77. The zero-order valence-electron chi connectivity index (χ0n) is 11.2. The van der Waals surface area contributed by atoms with E-state index in [1.165, 1.54) is 12.3 Å². The molecule has 2 heterocycles. The van der Waals surface area contributed by atoms with Crippen LogP contribution in [0.2, 0.25) is 0 Å². The van der Waals surface area contributed by atoms with Crippen LogP contribution in [0.5, 0.6) is 0 Å². The molecule has 0 bridgehead atoms. The van der Waals surface area contributed by atoms with Crippen molar-refractivity contribution >= 4 is 10.0 Å². The van der Waals surface area contributed by atoms with Gasteiger partial charge in [-0.3, -0.25) is 0 Å². The maximum Gasteiger partial charge on any atom is 0.242 e. The van der Waals surface area contributed by atoms with Crippen molar-refractivity contribution in [2.75, 3.05) is 0 Å². The van der Waals surface area contributed by atoms with E-state index in [0.717, 1.165) is 0 Å². The second kappa shape index (κ2) is 5.70. The van der Waals surface area contributed by atoms with E-state index < -0.39 is 10.0 Å². The van der Waals surface area contributed by atoms with E-state index in [1.54, 1.807) is 30.8 Å². The summed E-state index contributed by atoms with van der Waals surface area (Å²) in [4.78, 5) is 8.19. The molecule has 0 unspecified atom stereocenters. The molecule has 20 heavy (non-hydrogen) atoms. The predicted molar refractivity (Wildman–Crippen MR) is 72.1 cm³/mol. The van der Waals surface area contributed by atoms with Crippen molar-refractivity contribution in [1.82, 2.24) is 19.3 Å². The monoisotopic (exact) mass is 296 g/mol. The third-order valence-corrected chi connectivity index (χ3v) is 4.20. The van der Waals surface area contributed by atoms with Crippen LogP contribution >= 0.6 is 0 Å². The third-order valence-electron chi connectivity index (χ3n) is 2.83. The Morgan fingerprint density at radius 1 is 1.45 bits per heavy atom. The molecule has 0 amide bonds. The molecule has 0 saturated heterocycles. The summed E-state index contributed by atoms with van der Waals surface area (Å²) in [7, 11) is -1.95. The highest BCUT2D eigenvalue weighted by molar-refractivity contribution is 7.89. The first kappa shape index (κ1) is 14.6. The van der Waals surface area contributed by atoms with Gasteiger partial charge in [0.25, 0.3) is 0 Å². The SMILES string of the molecule is Cc1nccc(CNS(=O)(=O)c2cc(CO)n(C)c2)n1. The second-order valence-electron chi connectivity index (χ2n) is 4.36. The first-order chi connectivity index (χ1) is 9.42. The fourth-order valence-corrected chi connectivity index (χ4v) is 2.83. The van der Waals surface area contributed by atoms with E-state index >= 15 is 0 Å². The lowest BCUT2D eigenvalue weighted by atomic mass is 10.4. The fourth-order valence-electron chi connectivity index (χ4n) is 1.74. The van der Waals surface area contributed by atoms with Crippen LogP contribution in [0.15, 0.2) is 29.4 Å². The molecule has 2 N–H and O–H groups in total. The van der Waals surface area contributed by atoms with Crippen LogP contribution in [0.25, 0.3) is 0 Å². The van der Waals surface area contributed by atoms with Crippen molar-refractivity contribution in [3.05, 3.63) is 41.7 Å². The Kier molecular flexibility index (Phi) is 4.17. The molecule has 2 aromatic rings. The van der Waals surface area contributed by atoms with Gasteiger partial charge < -0.3 is 9.67 Å². The molecular formula is C12H16N4O3S.